The summed E-state index contributed by atoms with van der Waals surface area (Å²) in [4.78, 5) is 15.0. The number of nitrogens with zero attached hydrogens (tertiary/aromatic N) is 4. The number of aromatic nitrogens is 4. The second-order valence-electron chi connectivity index (χ2n) is 5.95. The average molecular weight is 381 g/mol. The summed E-state index contributed by atoms with van der Waals surface area (Å²) in [5.41, 5.74) is 8.93. The Morgan fingerprint density at radius 1 is 1.11 bits per heavy atom. The molecule has 138 valence electrons. The van der Waals surface area contributed by atoms with Crippen molar-refractivity contribution in [2.24, 2.45) is 0 Å². The van der Waals surface area contributed by atoms with Crippen molar-refractivity contribution in [3.05, 3.63) is 49.1 Å². The van der Waals surface area contributed by atoms with Gasteiger partial charge < -0.3 is 19.8 Å². The predicted molar refractivity (Wildman–Crippen MR) is 106 cm³/mol. The molecule has 4 rings (SSSR count). The fourth-order valence-corrected chi connectivity index (χ4v) is 4.05. The molecule has 0 aliphatic heterocycles. The molecule has 0 fully saturated rings. The Bertz CT molecular complexity index is 1060. The largest absolute Gasteiger partial charge is 0.383 e. The van der Waals surface area contributed by atoms with Crippen molar-refractivity contribution >= 4 is 27.4 Å². The van der Waals surface area contributed by atoms with Gasteiger partial charge in [-0.2, -0.15) is 0 Å². The number of ether oxygens (including phenoxy) is 2. The van der Waals surface area contributed by atoms with Crippen molar-refractivity contribution in [3.63, 3.8) is 0 Å². The van der Waals surface area contributed by atoms with E-state index in [4.69, 9.17) is 15.2 Å². The molecule has 7 nitrogen and oxygen atoms in total. The van der Waals surface area contributed by atoms with E-state index in [0.29, 0.717) is 12.4 Å². The van der Waals surface area contributed by atoms with E-state index in [1.165, 1.54) is 6.33 Å². The molecule has 0 aliphatic carbocycles. The Labute approximate surface area is 160 Å². The molecular weight excluding hydrogens is 362 g/mol. The van der Waals surface area contributed by atoms with E-state index in [1.54, 1.807) is 25.6 Å². The molecule has 0 unspecified atom stereocenters. The van der Waals surface area contributed by atoms with Crippen molar-refractivity contribution in [2.45, 2.75) is 12.8 Å². The van der Waals surface area contributed by atoms with Crippen molar-refractivity contribution in [3.8, 4) is 21.8 Å². The van der Waals surface area contributed by atoms with Gasteiger partial charge in [0.05, 0.1) is 34.5 Å². The number of hydrogen-bond acceptors (Lipinski definition) is 7. The first-order chi connectivity index (χ1) is 13.2. The minimum absolute atomic E-state index is 0.374. The van der Waals surface area contributed by atoms with Gasteiger partial charge in [-0.3, -0.25) is 0 Å². The van der Waals surface area contributed by atoms with E-state index < -0.39 is 0 Å². The number of nitrogens with two attached hydrogens (primary N) is 1. The van der Waals surface area contributed by atoms with Crippen LogP contribution in [0.25, 0.3) is 32.0 Å². The van der Waals surface area contributed by atoms with Crippen LogP contribution in [0.4, 0.5) is 5.82 Å². The van der Waals surface area contributed by atoms with Crippen molar-refractivity contribution in [1.82, 2.24) is 19.5 Å². The minimum atomic E-state index is -0.374. The fraction of sp³-hybridized carbons (Fsp3) is 0.211. The molecule has 3 heterocycles. The zero-order chi connectivity index (χ0) is 18.8. The Kier molecular flexibility index (Phi) is 4.85. The molecule has 1 aromatic carbocycles. The van der Waals surface area contributed by atoms with Crippen LogP contribution in [-0.2, 0) is 16.0 Å². The SMILES string of the molecule is COC(Cn1cnc(-c2ccccc2)c1-c1cc2c(N)ncnc2s1)OC. The Morgan fingerprint density at radius 3 is 2.59 bits per heavy atom. The van der Waals surface area contributed by atoms with E-state index in [0.717, 1.165) is 32.0 Å². The van der Waals surface area contributed by atoms with Gasteiger partial charge in [0.15, 0.2) is 6.29 Å². The zero-order valence-corrected chi connectivity index (χ0v) is 15.8. The second kappa shape index (κ2) is 7.43. The van der Waals surface area contributed by atoms with Crippen LogP contribution in [0.5, 0.6) is 0 Å². The summed E-state index contributed by atoms with van der Waals surface area (Å²) in [5, 5.41) is 0.847. The zero-order valence-electron chi connectivity index (χ0n) is 15.0. The normalized spacial score (nSPS) is 11.5. The summed E-state index contributed by atoms with van der Waals surface area (Å²) < 4.78 is 12.8. The summed E-state index contributed by atoms with van der Waals surface area (Å²) in [5.74, 6) is 0.474. The summed E-state index contributed by atoms with van der Waals surface area (Å²) in [6.45, 7) is 0.511. The number of benzene rings is 1. The highest BCUT2D eigenvalue weighted by molar-refractivity contribution is 7.21. The summed E-state index contributed by atoms with van der Waals surface area (Å²) in [6, 6.07) is 12.1. The van der Waals surface area contributed by atoms with Crippen molar-refractivity contribution in [1.29, 1.82) is 0 Å². The third-order valence-corrected chi connectivity index (χ3v) is 5.40. The Balaban J connectivity index is 1.89. The van der Waals surface area contributed by atoms with E-state index in [2.05, 4.69) is 15.0 Å². The van der Waals surface area contributed by atoms with Crippen LogP contribution in [0.15, 0.2) is 49.1 Å². The van der Waals surface area contributed by atoms with Gasteiger partial charge in [-0.1, -0.05) is 30.3 Å². The summed E-state index contributed by atoms with van der Waals surface area (Å²) >= 11 is 1.56. The van der Waals surface area contributed by atoms with Gasteiger partial charge in [0.1, 0.15) is 17.0 Å². The van der Waals surface area contributed by atoms with Crippen LogP contribution in [0.2, 0.25) is 0 Å². The van der Waals surface area contributed by atoms with Crippen LogP contribution in [0.3, 0.4) is 0 Å². The van der Waals surface area contributed by atoms with E-state index >= 15 is 0 Å². The maximum absolute atomic E-state index is 6.03. The van der Waals surface area contributed by atoms with Gasteiger partial charge in [-0.15, -0.1) is 11.3 Å². The molecule has 0 amide bonds. The van der Waals surface area contributed by atoms with Gasteiger partial charge in [-0.05, 0) is 6.07 Å². The third-order valence-electron chi connectivity index (χ3n) is 4.35. The molecular formula is C19H19N5O2S. The van der Waals surface area contributed by atoms with Gasteiger partial charge in [0, 0.05) is 19.8 Å². The summed E-state index contributed by atoms with van der Waals surface area (Å²) in [6.07, 6.45) is 2.92. The lowest BCUT2D eigenvalue weighted by molar-refractivity contribution is -0.110. The molecule has 0 atom stereocenters. The third kappa shape index (κ3) is 3.30. The monoisotopic (exact) mass is 381 g/mol. The first-order valence-corrected chi connectivity index (χ1v) is 9.19. The molecule has 0 bridgehead atoms. The highest BCUT2D eigenvalue weighted by Gasteiger charge is 2.20. The van der Waals surface area contributed by atoms with Crippen molar-refractivity contribution in [2.75, 3.05) is 20.0 Å². The maximum atomic E-state index is 6.03. The van der Waals surface area contributed by atoms with Gasteiger partial charge in [0.25, 0.3) is 0 Å². The Morgan fingerprint density at radius 2 is 1.89 bits per heavy atom. The number of nitrogen functional groups attached to an aromatic ring is 1. The van der Waals surface area contributed by atoms with Crippen LogP contribution >= 0.6 is 11.3 Å². The maximum Gasteiger partial charge on any atom is 0.174 e. The minimum Gasteiger partial charge on any atom is -0.383 e. The molecule has 0 spiro atoms. The molecule has 0 saturated carbocycles. The molecule has 2 N–H and O–H groups in total. The predicted octanol–water partition coefficient (Wildman–Crippen LogP) is 3.42. The number of hydrogen-bond donors (Lipinski definition) is 1. The number of fused-ring (bicyclic) bond motifs is 1. The van der Waals surface area contributed by atoms with Crippen LogP contribution in [0.1, 0.15) is 0 Å². The highest BCUT2D eigenvalue weighted by atomic mass is 32.1. The fourth-order valence-electron chi connectivity index (χ4n) is 2.98. The number of anilines is 1. The van der Waals surface area contributed by atoms with Gasteiger partial charge in [0.2, 0.25) is 0 Å². The quantitative estimate of drug-likeness (QED) is 0.515. The molecule has 8 heteroatoms. The number of rotatable bonds is 6. The first-order valence-electron chi connectivity index (χ1n) is 8.37. The smallest absolute Gasteiger partial charge is 0.174 e. The number of methoxy groups -OCH3 is 2. The van der Waals surface area contributed by atoms with Crippen LogP contribution < -0.4 is 5.73 Å². The molecule has 4 aromatic rings. The van der Waals surface area contributed by atoms with E-state index in [9.17, 15) is 0 Å². The van der Waals surface area contributed by atoms with Gasteiger partial charge >= 0.3 is 0 Å². The van der Waals surface area contributed by atoms with E-state index in [-0.39, 0.29) is 6.29 Å². The molecule has 0 radical (unpaired) electrons. The Hall–Kier alpha value is -2.81. The van der Waals surface area contributed by atoms with Crippen LogP contribution in [-0.4, -0.2) is 40.0 Å². The molecule has 0 saturated heterocycles. The second-order valence-corrected chi connectivity index (χ2v) is 6.98. The topological polar surface area (TPSA) is 88.1 Å². The lowest BCUT2D eigenvalue weighted by Gasteiger charge is -2.16. The van der Waals surface area contributed by atoms with Crippen LogP contribution in [0, 0.1) is 0 Å². The summed E-state index contributed by atoms with van der Waals surface area (Å²) in [7, 11) is 3.25. The first kappa shape index (κ1) is 17.6. The lowest BCUT2D eigenvalue weighted by Crippen LogP contribution is -2.20. The van der Waals surface area contributed by atoms with Gasteiger partial charge in [-0.25, -0.2) is 15.0 Å². The lowest BCUT2D eigenvalue weighted by atomic mass is 10.1. The highest BCUT2D eigenvalue weighted by Crippen LogP contribution is 2.39. The van der Waals surface area contributed by atoms with Crippen molar-refractivity contribution < 1.29 is 9.47 Å². The number of thiophene rings is 1. The molecule has 0 aliphatic rings. The average Bonchev–Trinajstić information content (AvgIpc) is 3.31. The molecule has 3 aromatic heterocycles. The standard InChI is InChI=1S/C19H19N5O2S/c1-25-15(26-2)9-24-11-23-16(12-6-4-3-5-7-12)17(24)14-8-13-18(20)21-10-22-19(13)27-14/h3-8,10-11,15H,9H2,1-2H3,(H2,20,21,22). The van der Waals surface area contributed by atoms with E-state index in [1.807, 2.05) is 47.3 Å². The molecule has 27 heavy (non-hydrogen) atoms. The number of imidazole rings is 1.